The van der Waals surface area contributed by atoms with E-state index >= 15 is 8.78 Å². The van der Waals surface area contributed by atoms with Crippen molar-refractivity contribution in [2.75, 3.05) is 19.8 Å². The van der Waals surface area contributed by atoms with E-state index in [1.807, 2.05) is 0 Å². The van der Waals surface area contributed by atoms with Crippen LogP contribution in [-0.4, -0.2) is 19.8 Å². The maximum absolute atomic E-state index is 15.2. The second kappa shape index (κ2) is 14.2. The van der Waals surface area contributed by atoms with E-state index in [-0.39, 0.29) is 42.1 Å². The van der Waals surface area contributed by atoms with Gasteiger partial charge in [0.05, 0.1) is 19.8 Å². The van der Waals surface area contributed by atoms with Gasteiger partial charge in [-0.3, -0.25) is 0 Å². The number of hydrogen-bond donors (Lipinski definition) is 0. The summed E-state index contributed by atoms with van der Waals surface area (Å²) in [6, 6.07) is 13.0. The van der Waals surface area contributed by atoms with E-state index in [1.165, 1.54) is 12.1 Å². The van der Waals surface area contributed by atoms with Crippen molar-refractivity contribution in [3.63, 3.8) is 0 Å². The monoisotopic (exact) mass is 556 g/mol. The smallest absolute Gasteiger partial charge is 0.204 e. The Kier molecular flexibility index (Phi) is 10.5. The van der Waals surface area contributed by atoms with Gasteiger partial charge in [-0.05, 0) is 85.8 Å². The molecule has 214 valence electrons. The number of hydrogen-bond acceptors (Lipinski definition) is 3. The molecule has 0 aromatic heterocycles. The fourth-order valence-corrected chi connectivity index (χ4v) is 5.00. The lowest BCUT2D eigenvalue weighted by Crippen LogP contribution is -2.20. The van der Waals surface area contributed by atoms with Crippen LogP contribution >= 0.6 is 0 Å². The molecule has 0 atom stereocenters. The van der Waals surface area contributed by atoms with Crippen molar-refractivity contribution in [1.29, 1.82) is 0 Å². The third-order valence-electron chi connectivity index (χ3n) is 7.40. The molecule has 0 saturated heterocycles. The molecule has 1 fully saturated rings. The summed E-state index contributed by atoms with van der Waals surface area (Å²) in [7, 11) is 0. The van der Waals surface area contributed by atoms with Gasteiger partial charge in [0.1, 0.15) is 5.75 Å². The van der Waals surface area contributed by atoms with E-state index in [4.69, 9.17) is 14.2 Å². The van der Waals surface area contributed by atoms with Crippen molar-refractivity contribution >= 4 is 0 Å². The summed E-state index contributed by atoms with van der Waals surface area (Å²) in [4.78, 5) is 0. The van der Waals surface area contributed by atoms with Crippen LogP contribution in [0.1, 0.15) is 63.4 Å². The predicted octanol–water partition coefficient (Wildman–Crippen LogP) is 9.40. The van der Waals surface area contributed by atoms with Gasteiger partial charge in [-0.15, -0.1) is 6.58 Å². The van der Waals surface area contributed by atoms with Gasteiger partial charge < -0.3 is 14.2 Å². The van der Waals surface area contributed by atoms with Crippen LogP contribution in [0, 0.1) is 29.2 Å². The lowest BCUT2D eigenvalue weighted by molar-refractivity contribution is 0.190. The van der Waals surface area contributed by atoms with Gasteiger partial charge in [-0.25, -0.2) is 8.78 Å². The van der Waals surface area contributed by atoms with Crippen molar-refractivity contribution in [2.24, 2.45) is 5.92 Å². The zero-order chi connectivity index (χ0) is 28.5. The van der Waals surface area contributed by atoms with Crippen molar-refractivity contribution in [3.05, 3.63) is 90.0 Å². The molecule has 0 heterocycles. The van der Waals surface area contributed by atoms with E-state index in [0.29, 0.717) is 55.6 Å². The van der Waals surface area contributed by atoms with Crippen molar-refractivity contribution in [3.8, 4) is 28.4 Å². The van der Waals surface area contributed by atoms with E-state index in [0.717, 1.165) is 12.8 Å². The second-order valence-corrected chi connectivity index (χ2v) is 10.2. The van der Waals surface area contributed by atoms with Gasteiger partial charge in [-0.1, -0.05) is 43.7 Å². The molecular weight excluding hydrogens is 520 g/mol. The Balaban J connectivity index is 1.32. The Bertz CT molecular complexity index is 1270. The third-order valence-corrected chi connectivity index (χ3v) is 7.40. The lowest BCUT2D eigenvalue weighted by atomic mass is 9.78. The average molecular weight is 557 g/mol. The Morgan fingerprint density at radius 3 is 2.08 bits per heavy atom. The van der Waals surface area contributed by atoms with Gasteiger partial charge in [0.2, 0.25) is 11.6 Å². The molecule has 7 heteroatoms. The number of ether oxygens (including phenoxy) is 3. The first-order chi connectivity index (χ1) is 19.4. The van der Waals surface area contributed by atoms with Crippen LogP contribution in [-0.2, 0) is 0 Å². The summed E-state index contributed by atoms with van der Waals surface area (Å²) in [6.45, 7) is 6.69. The first-order valence-electron chi connectivity index (χ1n) is 14.0. The molecule has 0 N–H and O–H groups in total. The Morgan fingerprint density at radius 2 is 1.43 bits per heavy atom. The minimum atomic E-state index is -1.08. The largest absolute Gasteiger partial charge is 0.494 e. The van der Waals surface area contributed by atoms with Crippen LogP contribution < -0.4 is 14.2 Å². The highest BCUT2D eigenvalue weighted by molar-refractivity contribution is 5.65. The molecule has 1 aliphatic rings. The van der Waals surface area contributed by atoms with Gasteiger partial charge >= 0.3 is 0 Å². The number of unbranched alkanes of at least 4 members (excludes halogenated alkanes) is 1. The fraction of sp³-hybridized carbons (Fsp3) is 0.394. The van der Waals surface area contributed by atoms with Gasteiger partial charge in [0.25, 0.3) is 0 Å². The summed E-state index contributed by atoms with van der Waals surface area (Å²) < 4.78 is 75.5. The minimum Gasteiger partial charge on any atom is -0.494 e. The molecule has 1 aliphatic carbocycles. The quantitative estimate of drug-likeness (QED) is 0.119. The molecule has 0 radical (unpaired) electrons. The maximum Gasteiger partial charge on any atom is 0.204 e. The molecule has 0 aliphatic heterocycles. The molecule has 0 amide bonds. The molecule has 0 bridgehead atoms. The Labute approximate surface area is 233 Å². The zero-order valence-electron chi connectivity index (χ0n) is 22.9. The van der Waals surface area contributed by atoms with Crippen LogP contribution in [0.15, 0.2) is 61.2 Å². The average Bonchev–Trinajstić information content (AvgIpc) is 2.97. The summed E-state index contributed by atoms with van der Waals surface area (Å²) in [5.74, 6) is -3.47. The second-order valence-electron chi connectivity index (χ2n) is 10.2. The minimum absolute atomic E-state index is 0.104. The van der Waals surface area contributed by atoms with E-state index in [1.54, 1.807) is 42.5 Å². The summed E-state index contributed by atoms with van der Waals surface area (Å²) in [6.07, 6.45) is 6.86. The van der Waals surface area contributed by atoms with Gasteiger partial charge in [0.15, 0.2) is 23.1 Å². The van der Waals surface area contributed by atoms with Gasteiger partial charge in [0, 0.05) is 5.56 Å². The summed E-state index contributed by atoms with van der Waals surface area (Å²) in [5, 5.41) is 0. The summed E-state index contributed by atoms with van der Waals surface area (Å²) in [5.41, 5.74) is 1.18. The first-order valence-corrected chi connectivity index (χ1v) is 14.0. The normalized spacial score (nSPS) is 16.9. The summed E-state index contributed by atoms with van der Waals surface area (Å²) >= 11 is 0. The highest BCUT2D eigenvalue weighted by atomic mass is 19.2. The third kappa shape index (κ3) is 7.18. The Morgan fingerprint density at radius 1 is 0.750 bits per heavy atom. The molecule has 4 rings (SSSR count). The topological polar surface area (TPSA) is 27.7 Å². The van der Waals surface area contributed by atoms with E-state index in [2.05, 4.69) is 13.5 Å². The standard InChI is InChI=1S/C33H36F4O3/c1-3-5-19-38-25-13-11-24(12-14-25)27-16-15-26(30(34)31(27)35)23-9-7-22(8-10-23)21-40-29-18-17-28(32(36)33(29)37)39-20-6-4-2/h4,11-18,22-23H,2-3,5-10,19-21H2,1H3. The molecule has 3 aromatic carbocycles. The van der Waals surface area contributed by atoms with Crippen molar-refractivity contribution in [2.45, 2.75) is 57.8 Å². The van der Waals surface area contributed by atoms with Crippen LogP contribution in [0.5, 0.6) is 17.2 Å². The predicted molar refractivity (Wildman–Crippen MR) is 149 cm³/mol. The van der Waals surface area contributed by atoms with Crippen LogP contribution in [0.3, 0.4) is 0 Å². The number of rotatable bonds is 13. The molecule has 0 unspecified atom stereocenters. The van der Waals surface area contributed by atoms with Crippen LogP contribution in [0.2, 0.25) is 0 Å². The van der Waals surface area contributed by atoms with E-state index in [9.17, 15) is 8.78 Å². The number of benzene rings is 3. The van der Waals surface area contributed by atoms with Crippen LogP contribution in [0.4, 0.5) is 17.6 Å². The van der Waals surface area contributed by atoms with E-state index < -0.39 is 23.3 Å². The molecule has 3 nitrogen and oxygen atoms in total. The Hall–Kier alpha value is -3.48. The first kappa shape index (κ1) is 29.5. The van der Waals surface area contributed by atoms with Crippen LogP contribution in [0.25, 0.3) is 11.1 Å². The number of halogens is 4. The maximum atomic E-state index is 15.2. The lowest BCUT2D eigenvalue weighted by Gasteiger charge is -2.29. The molecule has 0 spiro atoms. The van der Waals surface area contributed by atoms with Gasteiger partial charge in [-0.2, -0.15) is 8.78 Å². The molecular formula is C33H36F4O3. The molecule has 40 heavy (non-hydrogen) atoms. The molecule has 1 saturated carbocycles. The highest BCUT2D eigenvalue weighted by Gasteiger charge is 2.27. The van der Waals surface area contributed by atoms with Crippen molar-refractivity contribution < 1.29 is 31.8 Å². The fourth-order valence-electron chi connectivity index (χ4n) is 5.00. The highest BCUT2D eigenvalue weighted by Crippen LogP contribution is 2.39. The zero-order valence-corrected chi connectivity index (χ0v) is 22.9. The van der Waals surface area contributed by atoms with Crippen molar-refractivity contribution in [1.82, 2.24) is 0 Å². The SMILES string of the molecule is C=CCCOc1ccc(OCC2CCC(c3ccc(-c4ccc(OCCCC)cc4)c(F)c3F)CC2)c(F)c1F. The molecule has 3 aromatic rings.